The molecule has 0 aliphatic heterocycles. The Labute approximate surface area is 678 Å². The summed E-state index contributed by atoms with van der Waals surface area (Å²) in [5.74, 6) is 3.65. The number of ether oxygens (including phenoxy) is 1. The van der Waals surface area contributed by atoms with Crippen LogP contribution in [0.15, 0.2) is 289 Å². The number of hydrogen-bond acceptors (Lipinski definition) is 13. The molecule has 0 saturated heterocycles. The Morgan fingerprint density at radius 2 is 0.626 bits per heavy atom. The van der Waals surface area contributed by atoms with Crippen molar-refractivity contribution in [3.63, 3.8) is 0 Å². The molecule has 526 valence electrons. The van der Waals surface area contributed by atoms with Gasteiger partial charge in [0.15, 0.2) is 5.15 Å². The third-order valence-corrected chi connectivity index (χ3v) is 19.1. The van der Waals surface area contributed by atoms with Crippen LogP contribution in [0.25, 0.3) is 176 Å². The Kier molecular flexibility index (Phi) is 21.7. The molecule has 0 aliphatic rings. The van der Waals surface area contributed by atoms with Gasteiger partial charge in [0.05, 0.1) is 52.0 Å². The zero-order chi connectivity index (χ0) is 69.1. The number of hydrogen-bond donors (Lipinski definition) is 0. The Morgan fingerprint density at radius 1 is 0.308 bits per heavy atom. The van der Waals surface area contributed by atoms with E-state index in [1.54, 1.807) is 6.20 Å². The van der Waals surface area contributed by atoms with Gasteiger partial charge >= 0.3 is 0 Å². The van der Waals surface area contributed by atoms with Gasteiger partial charge in [0.1, 0.15) is 10.4 Å². The van der Waals surface area contributed by atoms with Gasteiger partial charge in [0.2, 0.25) is 5.88 Å². The van der Waals surface area contributed by atoms with Gasteiger partial charge in [-0.1, -0.05) is 224 Å². The SMILES string of the molecule is Brc1nnc(-c2[c-]c3ccccc3o2)c2cc3ccccc3cc12.Cc1cccc(C)c1Oc1nnc(-c2[c-]c3ccccc3o2)c2cc3ccccc3cc12.Clc1nnc(-c2[c-]c3ccccc3o2)c2cc3ccccc3cc12.[Ir].[Ir].[Ir].[Ir].[c-]1c(-c2nncc3cc4ccccc4cc23)oc2ccccc12. The normalized spacial score (nSPS) is 11.1. The van der Waals surface area contributed by atoms with Crippen LogP contribution in [0.5, 0.6) is 11.6 Å². The van der Waals surface area contributed by atoms with Crippen molar-refractivity contribution in [2.24, 2.45) is 0 Å². The maximum Gasteiger partial charge on any atom is 0.245 e. The molecule has 0 saturated carbocycles. The minimum Gasteiger partial charge on any atom is -0.518 e. The van der Waals surface area contributed by atoms with E-state index in [1.165, 1.54) is 16.2 Å². The second-order valence-electron chi connectivity index (χ2n) is 24.8. The first-order valence-electron chi connectivity index (χ1n) is 33.1. The standard InChI is InChI=1S/C28H19N2O2.C20H10BrN2O.C20H10ClN2O.C20H11N2O.4Ir/c1-17-8-7-9-18(2)27(17)32-28-23-15-20-11-4-3-10-19(20)14-22(23)26(29-30-28)25-16-21-12-5-6-13-24(21)31-25;2*21-20-16-10-13-6-2-1-5-12(13)9-15(16)19(22-23-20)18-11-14-7-3-4-8-17(14)24-18;1-2-6-14-10-17-16(9-13(14)5-1)12-21-22-20(17)19-11-15-7-3-4-8-18(15)23-19;;;;/h3-15H,1-2H3;2*1-10H;1-10,12H;;;;/q4*-1;;;;. The van der Waals surface area contributed by atoms with Crippen LogP contribution in [0.4, 0.5) is 0 Å². The summed E-state index contributed by atoms with van der Waals surface area (Å²) in [5, 5.41) is 55.3. The maximum absolute atomic E-state index is 6.34. The summed E-state index contributed by atoms with van der Waals surface area (Å²) in [6.07, 6.45) is 1.79. The second kappa shape index (κ2) is 31.6. The molecule has 0 amide bonds. The summed E-state index contributed by atoms with van der Waals surface area (Å²) in [6.45, 7) is 4.07. The molecule has 13 nitrogen and oxygen atoms in total. The summed E-state index contributed by atoms with van der Waals surface area (Å²) in [6, 6.07) is 100. The molecule has 0 bridgehead atoms. The number of halogens is 2. The number of benzene rings is 13. The van der Waals surface area contributed by atoms with Gasteiger partial charge < -0.3 is 22.4 Å². The number of aromatic nitrogens is 8. The molecule has 21 aromatic rings. The van der Waals surface area contributed by atoms with Crippen molar-refractivity contribution in [1.29, 1.82) is 0 Å². The average Bonchev–Trinajstić information content (AvgIpc) is 0.947. The third kappa shape index (κ3) is 14.5. The van der Waals surface area contributed by atoms with E-state index in [4.69, 9.17) is 34.0 Å². The van der Waals surface area contributed by atoms with Crippen molar-refractivity contribution in [2.75, 3.05) is 0 Å². The minimum absolute atomic E-state index is 0. The quantitative estimate of drug-likeness (QED) is 0.114. The van der Waals surface area contributed by atoms with Gasteiger partial charge in [-0.15, -0.1) is 80.3 Å². The molecule has 21 rings (SSSR count). The van der Waals surface area contributed by atoms with Gasteiger partial charge in [-0.3, -0.25) is 0 Å². The summed E-state index contributed by atoms with van der Waals surface area (Å²) < 4.78 is 30.9. The molecular weight excluding hydrogens is 2130 g/mol. The van der Waals surface area contributed by atoms with E-state index in [-0.39, 0.29) is 80.4 Å². The first-order valence-corrected chi connectivity index (χ1v) is 34.2. The molecule has 0 spiro atoms. The van der Waals surface area contributed by atoms with Crippen molar-refractivity contribution in [3.8, 4) is 57.4 Å². The summed E-state index contributed by atoms with van der Waals surface area (Å²) in [7, 11) is 0. The number of nitrogens with zero attached hydrogens (tertiary/aromatic N) is 8. The second-order valence-corrected chi connectivity index (χ2v) is 25.9. The van der Waals surface area contributed by atoms with Crippen molar-refractivity contribution in [2.45, 2.75) is 13.8 Å². The molecule has 0 fully saturated rings. The third-order valence-electron chi connectivity index (χ3n) is 18.2. The Morgan fingerprint density at radius 3 is 1.05 bits per heavy atom. The number of rotatable bonds is 6. The Hall–Kier alpha value is -10.4. The zero-order valence-corrected chi connectivity index (χ0v) is 68.0. The topological polar surface area (TPSA) is 165 Å². The molecule has 0 N–H and O–H groups in total. The van der Waals surface area contributed by atoms with E-state index < -0.39 is 0 Å². The molecule has 4 radical (unpaired) electrons. The molecule has 13 aromatic carbocycles. The summed E-state index contributed by atoms with van der Waals surface area (Å²) >= 11 is 9.79. The number of furan rings is 4. The first kappa shape index (κ1) is 73.5. The Balaban J connectivity index is 0.000000119. The predicted molar refractivity (Wildman–Crippen MR) is 413 cm³/mol. The van der Waals surface area contributed by atoms with Crippen LogP contribution >= 0.6 is 27.5 Å². The van der Waals surface area contributed by atoms with Crippen LogP contribution < -0.4 is 4.74 Å². The van der Waals surface area contributed by atoms with Crippen molar-refractivity contribution in [3.05, 3.63) is 312 Å². The number of para-hydroxylation sites is 5. The summed E-state index contributed by atoms with van der Waals surface area (Å²) in [5.41, 5.74) is 7.98. The average molecular weight is 2180 g/mol. The summed E-state index contributed by atoms with van der Waals surface area (Å²) in [4.78, 5) is 0. The minimum atomic E-state index is 0. The van der Waals surface area contributed by atoms with Crippen molar-refractivity contribution >= 4 is 158 Å². The van der Waals surface area contributed by atoms with Gasteiger partial charge in [-0.05, 0) is 135 Å². The van der Waals surface area contributed by atoms with E-state index in [1.807, 2.05) is 184 Å². The Bertz CT molecular complexity index is 6580. The smallest absolute Gasteiger partial charge is 0.245 e. The number of aryl methyl sites for hydroxylation is 2. The molecule has 0 unspecified atom stereocenters. The van der Waals surface area contributed by atoms with E-state index in [9.17, 15) is 0 Å². The van der Waals surface area contributed by atoms with Crippen LogP contribution in [0.2, 0.25) is 5.15 Å². The van der Waals surface area contributed by atoms with E-state index in [0.29, 0.717) is 51.2 Å². The van der Waals surface area contributed by atoms with Crippen LogP contribution in [0.1, 0.15) is 11.1 Å². The zero-order valence-electron chi connectivity index (χ0n) is 56.1. The monoisotopic (exact) mass is 2180 g/mol. The fourth-order valence-corrected chi connectivity index (χ4v) is 13.7. The predicted octanol–water partition coefficient (Wildman–Crippen LogP) is 23.8. The van der Waals surface area contributed by atoms with Crippen LogP contribution in [0, 0.1) is 38.1 Å². The first-order chi connectivity index (χ1) is 50.6. The van der Waals surface area contributed by atoms with Crippen LogP contribution in [0.3, 0.4) is 0 Å². The van der Waals surface area contributed by atoms with Crippen LogP contribution in [-0.4, -0.2) is 40.8 Å². The fourth-order valence-electron chi connectivity index (χ4n) is 13.1. The van der Waals surface area contributed by atoms with Crippen molar-refractivity contribution in [1.82, 2.24) is 40.8 Å². The molecular formula is C88H50BrClIr4N8O5-4. The molecule has 8 aromatic heterocycles. The van der Waals surface area contributed by atoms with E-state index >= 15 is 0 Å². The van der Waals surface area contributed by atoms with E-state index in [2.05, 4.69) is 172 Å². The van der Waals surface area contributed by atoms with Gasteiger partial charge in [-0.2, -0.15) is 30.6 Å². The van der Waals surface area contributed by atoms with Gasteiger partial charge in [0, 0.05) is 119 Å². The number of fused-ring (bicyclic) bond motifs is 12. The van der Waals surface area contributed by atoms with Gasteiger partial charge in [0.25, 0.3) is 0 Å². The maximum atomic E-state index is 6.34. The molecule has 0 atom stereocenters. The molecule has 107 heavy (non-hydrogen) atoms. The molecule has 19 heteroatoms. The molecule has 0 aliphatic carbocycles. The fraction of sp³-hybridized carbons (Fsp3) is 0.0227. The van der Waals surface area contributed by atoms with Crippen molar-refractivity contribution < 1.29 is 103 Å². The molecule has 8 heterocycles. The largest absolute Gasteiger partial charge is 0.518 e. The van der Waals surface area contributed by atoms with Crippen LogP contribution in [-0.2, 0) is 80.4 Å². The van der Waals surface area contributed by atoms with Gasteiger partial charge in [-0.25, -0.2) is 0 Å². The van der Waals surface area contributed by atoms with E-state index in [0.717, 1.165) is 141 Å².